The maximum absolute atomic E-state index is 11.6. The van der Waals surface area contributed by atoms with E-state index in [1.165, 1.54) is 11.3 Å². The Morgan fingerprint density at radius 1 is 1.50 bits per heavy atom. The van der Waals surface area contributed by atoms with Crippen LogP contribution < -0.4 is 0 Å². The summed E-state index contributed by atoms with van der Waals surface area (Å²) < 4.78 is 0.969. The number of ketones is 1. The Balaban J connectivity index is 2.50. The largest absolute Gasteiger partial charge is 0.291 e. The van der Waals surface area contributed by atoms with Crippen LogP contribution in [0.1, 0.15) is 23.6 Å². The van der Waals surface area contributed by atoms with Crippen LogP contribution >= 0.6 is 11.3 Å². The van der Waals surface area contributed by atoms with Gasteiger partial charge in [-0.3, -0.25) is 9.78 Å². The summed E-state index contributed by atoms with van der Waals surface area (Å²) in [5.41, 5.74) is 0.856. The summed E-state index contributed by atoms with van der Waals surface area (Å²) in [7, 11) is 0. The SMILES string of the molecule is CC(C)C(=O)c1nc2ccncc2s1. The van der Waals surface area contributed by atoms with Crippen molar-refractivity contribution in [2.45, 2.75) is 13.8 Å². The number of hydrogen-bond donors (Lipinski definition) is 0. The summed E-state index contributed by atoms with van der Waals surface area (Å²) in [6.07, 6.45) is 3.43. The van der Waals surface area contributed by atoms with Gasteiger partial charge in [-0.1, -0.05) is 13.8 Å². The highest BCUT2D eigenvalue weighted by Crippen LogP contribution is 2.22. The third kappa shape index (κ3) is 1.53. The smallest absolute Gasteiger partial charge is 0.193 e. The number of hydrogen-bond acceptors (Lipinski definition) is 4. The van der Waals surface area contributed by atoms with Crippen molar-refractivity contribution in [1.82, 2.24) is 9.97 Å². The lowest BCUT2D eigenvalue weighted by molar-refractivity contribution is 0.0939. The van der Waals surface area contributed by atoms with Crippen molar-refractivity contribution in [3.63, 3.8) is 0 Å². The third-order valence-corrected chi connectivity index (χ3v) is 2.95. The van der Waals surface area contributed by atoms with Gasteiger partial charge in [0.25, 0.3) is 0 Å². The van der Waals surface area contributed by atoms with Gasteiger partial charge in [0.15, 0.2) is 10.8 Å². The monoisotopic (exact) mass is 206 g/mol. The third-order valence-electron chi connectivity index (χ3n) is 1.93. The molecule has 2 aromatic heterocycles. The van der Waals surface area contributed by atoms with E-state index in [9.17, 15) is 4.79 Å². The van der Waals surface area contributed by atoms with Crippen LogP contribution in [0.5, 0.6) is 0 Å². The first-order chi connectivity index (χ1) is 6.68. The maximum atomic E-state index is 11.6. The summed E-state index contributed by atoms with van der Waals surface area (Å²) in [4.78, 5) is 19.9. The molecule has 0 spiro atoms. The van der Waals surface area contributed by atoms with E-state index in [2.05, 4.69) is 9.97 Å². The minimum absolute atomic E-state index is 0.00326. The van der Waals surface area contributed by atoms with Crippen LogP contribution in [0.4, 0.5) is 0 Å². The van der Waals surface area contributed by atoms with Gasteiger partial charge < -0.3 is 0 Å². The normalized spacial score (nSPS) is 11.1. The number of aromatic nitrogens is 2. The van der Waals surface area contributed by atoms with Crippen molar-refractivity contribution in [2.24, 2.45) is 5.92 Å². The Morgan fingerprint density at radius 2 is 2.29 bits per heavy atom. The molecule has 72 valence electrons. The van der Waals surface area contributed by atoms with E-state index in [0.717, 1.165) is 10.2 Å². The number of carbonyl (C=O) groups excluding carboxylic acids is 1. The molecule has 0 atom stereocenters. The zero-order valence-electron chi connectivity index (χ0n) is 8.02. The van der Waals surface area contributed by atoms with Gasteiger partial charge in [-0.2, -0.15) is 0 Å². The molecule has 0 radical (unpaired) electrons. The molecule has 0 aliphatic carbocycles. The number of fused-ring (bicyclic) bond motifs is 1. The Bertz CT molecular complexity index is 443. The van der Waals surface area contributed by atoms with Gasteiger partial charge in [0.05, 0.1) is 10.2 Å². The van der Waals surface area contributed by atoms with Crippen molar-refractivity contribution < 1.29 is 4.79 Å². The molecule has 0 aromatic carbocycles. The van der Waals surface area contributed by atoms with Crippen LogP contribution in [0.15, 0.2) is 18.5 Å². The summed E-state index contributed by atoms with van der Waals surface area (Å²) in [6.45, 7) is 3.76. The van der Waals surface area contributed by atoms with E-state index >= 15 is 0 Å². The summed E-state index contributed by atoms with van der Waals surface area (Å²) >= 11 is 1.41. The molecule has 3 nitrogen and oxygen atoms in total. The van der Waals surface area contributed by atoms with Gasteiger partial charge in [0.1, 0.15) is 0 Å². The predicted molar refractivity (Wildman–Crippen MR) is 56.6 cm³/mol. The van der Waals surface area contributed by atoms with Gasteiger partial charge in [0.2, 0.25) is 0 Å². The standard InChI is InChI=1S/C10H10N2OS/c1-6(2)9(13)10-12-7-3-4-11-5-8(7)14-10/h3-6H,1-2H3. The van der Waals surface area contributed by atoms with E-state index in [1.807, 2.05) is 19.9 Å². The molecule has 0 saturated carbocycles. The van der Waals surface area contributed by atoms with Crippen molar-refractivity contribution in [2.75, 3.05) is 0 Å². The molecule has 4 heteroatoms. The van der Waals surface area contributed by atoms with Gasteiger partial charge in [-0.05, 0) is 6.07 Å². The van der Waals surface area contributed by atoms with Crippen LogP contribution in [-0.4, -0.2) is 15.8 Å². The second-order valence-corrected chi connectivity index (χ2v) is 4.41. The van der Waals surface area contributed by atoms with Crippen LogP contribution in [0.25, 0.3) is 10.2 Å². The fourth-order valence-corrected chi connectivity index (χ4v) is 2.15. The second kappa shape index (κ2) is 3.46. The Kier molecular flexibility index (Phi) is 2.29. The number of nitrogens with zero attached hydrogens (tertiary/aromatic N) is 2. The molecule has 0 N–H and O–H groups in total. The first kappa shape index (κ1) is 9.27. The highest BCUT2D eigenvalue weighted by Gasteiger charge is 2.15. The van der Waals surface area contributed by atoms with E-state index in [0.29, 0.717) is 5.01 Å². The van der Waals surface area contributed by atoms with Crippen molar-refractivity contribution in [1.29, 1.82) is 0 Å². The minimum Gasteiger partial charge on any atom is -0.291 e. The van der Waals surface area contributed by atoms with Crippen molar-refractivity contribution in [3.8, 4) is 0 Å². The van der Waals surface area contributed by atoms with E-state index < -0.39 is 0 Å². The summed E-state index contributed by atoms with van der Waals surface area (Å²) in [5.74, 6) is 0.106. The average molecular weight is 206 g/mol. The van der Waals surface area contributed by atoms with Crippen LogP contribution in [-0.2, 0) is 0 Å². The molecule has 2 heterocycles. The van der Waals surface area contributed by atoms with Gasteiger partial charge in [-0.25, -0.2) is 4.98 Å². The molecular weight excluding hydrogens is 196 g/mol. The molecule has 0 amide bonds. The molecule has 0 fully saturated rings. The zero-order valence-corrected chi connectivity index (χ0v) is 8.84. The minimum atomic E-state index is 0.00326. The summed E-state index contributed by atoms with van der Waals surface area (Å²) in [6, 6.07) is 1.82. The first-order valence-corrected chi connectivity index (χ1v) is 5.25. The quantitative estimate of drug-likeness (QED) is 0.709. The van der Waals surface area contributed by atoms with Gasteiger partial charge >= 0.3 is 0 Å². The molecule has 2 aromatic rings. The summed E-state index contributed by atoms with van der Waals surface area (Å²) in [5, 5.41) is 0.586. The lowest BCUT2D eigenvalue weighted by Crippen LogP contribution is -2.06. The number of rotatable bonds is 2. The lowest BCUT2D eigenvalue weighted by Gasteiger charge is -1.97. The second-order valence-electron chi connectivity index (χ2n) is 3.38. The molecule has 2 rings (SSSR count). The maximum Gasteiger partial charge on any atom is 0.193 e. The fourth-order valence-electron chi connectivity index (χ4n) is 1.13. The van der Waals surface area contributed by atoms with E-state index in [-0.39, 0.29) is 11.7 Å². The molecule has 14 heavy (non-hydrogen) atoms. The van der Waals surface area contributed by atoms with Crippen molar-refractivity contribution >= 4 is 27.3 Å². The van der Waals surface area contributed by atoms with Gasteiger partial charge in [0, 0.05) is 18.3 Å². The van der Waals surface area contributed by atoms with Crippen molar-refractivity contribution in [3.05, 3.63) is 23.5 Å². The fraction of sp³-hybridized carbons (Fsp3) is 0.300. The number of pyridine rings is 1. The van der Waals surface area contributed by atoms with E-state index in [4.69, 9.17) is 0 Å². The van der Waals surface area contributed by atoms with Crippen LogP contribution in [0, 0.1) is 5.92 Å². The highest BCUT2D eigenvalue weighted by molar-refractivity contribution is 7.20. The molecule has 0 aliphatic rings. The Morgan fingerprint density at radius 3 is 2.93 bits per heavy atom. The molecule has 0 saturated heterocycles. The lowest BCUT2D eigenvalue weighted by atomic mass is 10.1. The topological polar surface area (TPSA) is 42.9 Å². The number of thiazole rings is 1. The highest BCUT2D eigenvalue weighted by atomic mass is 32.1. The number of Topliss-reactive ketones (excluding diaryl/α,β-unsaturated/α-hetero) is 1. The Labute approximate surface area is 85.8 Å². The predicted octanol–water partition coefficient (Wildman–Crippen LogP) is 2.53. The Hall–Kier alpha value is -1.29. The number of carbonyl (C=O) groups is 1. The molecule has 0 aliphatic heterocycles. The zero-order chi connectivity index (χ0) is 10.1. The van der Waals surface area contributed by atoms with Crippen LogP contribution in [0.2, 0.25) is 0 Å². The molecule has 0 bridgehead atoms. The van der Waals surface area contributed by atoms with E-state index in [1.54, 1.807) is 12.4 Å². The van der Waals surface area contributed by atoms with Crippen LogP contribution in [0.3, 0.4) is 0 Å². The first-order valence-electron chi connectivity index (χ1n) is 4.43. The average Bonchev–Trinajstić information content (AvgIpc) is 2.59. The molecular formula is C10H10N2OS. The molecule has 0 unspecified atom stereocenters. The van der Waals surface area contributed by atoms with Gasteiger partial charge in [-0.15, -0.1) is 11.3 Å².